The molecule has 0 spiro atoms. The zero-order valence-electron chi connectivity index (χ0n) is 10.7. The largest absolute Gasteiger partial charge is 0.297 e. The summed E-state index contributed by atoms with van der Waals surface area (Å²) in [7, 11) is 0. The molecular formula is C14H11N3OS2. The summed E-state index contributed by atoms with van der Waals surface area (Å²) in [5.41, 5.74) is 1.76. The molecule has 0 unspecified atom stereocenters. The van der Waals surface area contributed by atoms with Crippen molar-refractivity contribution in [1.29, 1.82) is 0 Å². The van der Waals surface area contributed by atoms with Crippen LogP contribution in [0.4, 0.5) is 5.13 Å². The van der Waals surface area contributed by atoms with Crippen LogP contribution in [0.5, 0.6) is 0 Å². The Bertz CT molecular complexity index is 734. The van der Waals surface area contributed by atoms with Gasteiger partial charge in [0.15, 0.2) is 5.13 Å². The van der Waals surface area contributed by atoms with Crippen LogP contribution >= 0.6 is 22.7 Å². The molecule has 0 radical (unpaired) electrons. The van der Waals surface area contributed by atoms with E-state index < -0.39 is 0 Å². The zero-order valence-corrected chi connectivity index (χ0v) is 12.3. The fourth-order valence-corrected chi connectivity index (χ4v) is 3.17. The molecule has 0 aliphatic rings. The molecule has 3 aromatic heterocycles. The molecule has 4 nitrogen and oxygen atoms in total. The highest BCUT2D eigenvalue weighted by molar-refractivity contribution is 7.15. The fourth-order valence-electron chi connectivity index (χ4n) is 1.69. The predicted molar refractivity (Wildman–Crippen MR) is 82.4 cm³/mol. The molecule has 6 heteroatoms. The Balaban J connectivity index is 1.76. The minimum absolute atomic E-state index is 0.116. The van der Waals surface area contributed by atoms with Crippen LogP contribution in [0.3, 0.4) is 0 Å². The van der Waals surface area contributed by atoms with Crippen LogP contribution in [0.25, 0.3) is 11.3 Å². The number of hydrogen-bond donors (Lipinski definition) is 1. The highest BCUT2D eigenvalue weighted by Gasteiger charge is 2.11. The van der Waals surface area contributed by atoms with E-state index in [2.05, 4.69) is 15.3 Å². The first-order chi connectivity index (χ1) is 9.72. The number of anilines is 1. The smallest absolute Gasteiger partial charge is 0.267 e. The van der Waals surface area contributed by atoms with Crippen molar-refractivity contribution in [2.24, 2.45) is 0 Å². The van der Waals surface area contributed by atoms with E-state index in [0.717, 1.165) is 16.1 Å². The topological polar surface area (TPSA) is 54.9 Å². The van der Waals surface area contributed by atoms with Gasteiger partial charge in [-0.25, -0.2) is 4.98 Å². The molecule has 0 aliphatic carbocycles. The summed E-state index contributed by atoms with van der Waals surface area (Å²) < 4.78 is 0. The summed E-state index contributed by atoms with van der Waals surface area (Å²) in [4.78, 5) is 22.3. The summed E-state index contributed by atoms with van der Waals surface area (Å²) in [5, 5.41) is 5.33. The van der Waals surface area contributed by atoms with Crippen LogP contribution in [-0.2, 0) is 0 Å². The van der Waals surface area contributed by atoms with Gasteiger partial charge in [0, 0.05) is 28.2 Å². The minimum Gasteiger partial charge on any atom is -0.297 e. The van der Waals surface area contributed by atoms with Gasteiger partial charge in [0.1, 0.15) is 0 Å². The van der Waals surface area contributed by atoms with Crippen molar-refractivity contribution in [1.82, 2.24) is 9.97 Å². The van der Waals surface area contributed by atoms with Crippen LogP contribution in [-0.4, -0.2) is 15.9 Å². The van der Waals surface area contributed by atoms with Crippen LogP contribution in [0, 0.1) is 6.92 Å². The Morgan fingerprint density at radius 1 is 1.30 bits per heavy atom. The monoisotopic (exact) mass is 301 g/mol. The molecule has 0 aliphatic heterocycles. The van der Waals surface area contributed by atoms with Gasteiger partial charge in [-0.3, -0.25) is 15.1 Å². The minimum atomic E-state index is -0.116. The van der Waals surface area contributed by atoms with E-state index in [0.29, 0.717) is 10.0 Å². The van der Waals surface area contributed by atoms with Gasteiger partial charge in [0.25, 0.3) is 5.91 Å². The second-order valence-corrected chi connectivity index (χ2v) is 6.29. The maximum atomic E-state index is 12.0. The summed E-state index contributed by atoms with van der Waals surface area (Å²) in [6, 6.07) is 7.56. The van der Waals surface area contributed by atoms with Gasteiger partial charge >= 0.3 is 0 Å². The number of carbonyl (C=O) groups is 1. The first-order valence-electron chi connectivity index (χ1n) is 5.96. The lowest BCUT2D eigenvalue weighted by Crippen LogP contribution is -2.09. The second-order valence-electron chi connectivity index (χ2n) is 4.14. The number of rotatable bonds is 3. The average Bonchev–Trinajstić information content (AvgIpc) is 3.09. The lowest BCUT2D eigenvalue weighted by atomic mass is 10.2. The van der Waals surface area contributed by atoms with Crippen molar-refractivity contribution in [3.63, 3.8) is 0 Å². The molecule has 20 heavy (non-hydrogen) atoms. The lowest BCUT2D eigenvalue weighted by molar-refractivity contribution is 0.103. The van der Waals surface area contributed by atoms with Crippen LogP contribution in [0.2, 0.25) is 0 Å². The molecule has 0 aromatic carbocycles. The van der Waals surface area contributed by atoms with Crippen molar-refractivity contribution in [3.05, 3.63) is 51.8 Å². The third-order valence-electron chi connectivity index (χ3n) is 2.65. The number of aromatic nitrogens is 2. The summed E-state index contributed by atoms with van der Waals surface area (Å²) >= 11 is 2.88. The molecule has 0 fully saturated rings. The molecule has 0 bridgehead atoms. The van der Waals surface area contributed by atoms with Crippen molar-refractivity contribution in [2.75, 3.05) is 5.32 Å². The average molecular weight is 301 g/mol. The normalized spacial score (nSPS) is 10.4. The third-order valence-corrected chi connectivity index (χ3v) is 4.40. The molecule has 0 saturated carbocycles. The zero-order chi connectivity index (χ0) is 13.9. The first kappa shape index (κ1) is 13.0. The standard InChI is InChI=1S/C14H11N3OS2/c1-9-4-5-12(20-9)13(18)17-14-16-11(8-19-14)10-3-2-6-15-7-10/h2-8H,1H3,(H,16,17,18). The van der Waals surface area contributed by atoms with Crippen molar-refractivity contribution < 1.29 is 4.79 Å². The summed E-state index contributed by atoms with van der Waals surface area (Å²) in [5.74, 6) is -0.116. The number of thiazole rings is 1. The summed E-state index contributed by atoms with van der Waals surface area (Å²) in [6.45, 7) is 1.98. The molecule has 0 saturated heterocycles. The van der Waals surface area contributed by atoms with Gasteiger partial charge in [-0.1, -0.05) is 0 Å². The molecular weight excluding hydrogens is 290 g/mol. The van der Waals surface area contributed by atoms with Crippen molar-refractivity contribution >= 4 is 33.7 Å². The number of carbonyl (C=O) groups excluding carboxylic acids is 1. The Morgan fingerprint density at radius 2 is 2.20 bits per heavy atom. The molecule has 1 N–H and O–H groups in total. The van der Waals surface area contributed by atoms with Gasteiger partial charge in [-0.15, -0.1) is 22.7 Å². The fraction of sp³-hybridized carbons (Fsp3) is 0.0714. The molecule has 3 rings (SSSR count). The molecule has 3 heterocycles. The molecule has 100 valence electrons. The van der Waals surface area contributed by atoms with Crippen LogP contribution < -0.4 is 5.32 Å². The number of aryl methyl sites for hydroxylation is 1. The molecule has 0 atom stereocenters. The highest BCUT2D eigenvalue weighted by atomic mass is 32.1. The predicted octanol–water partition coefficient (Wildman–Crippen LogP) is 3.83. The maximum absolute atomic E-state index is 12.0. The molecule has 3 aromatic rings. The van der Waals surface area contributed by atoms with Gasteiger partial charge in [-0.2, -0.15) is 0 Å². The number of pyridine rings is 1. The van der Waals surface area contributed by atoms with Gasteiger partial charge in [-0.05, 0) is 31.2 Å². The highest BCUT2D eigenvalue weighted by Crippen LogP contribution is 2.25. The van der Waals surface area contributed by atoms with Gasteiger partial charge in [0.05, 0.1) is 10.6 Å². The lowest BCUT2D eigenvalue weighted by Gasteiger charge is -1.98. The Hall–Kier alpha value is -2.05. The number of thiophene rings is 1. The van der Waals surface area contributed by atoms with Crippen LogP contribution in [0.1, 0.15) is 14.5 Å². The summed E-state index contributed by atoms with van der Waals surface area (Å²) in [6.07, 6.45) is 3.47. The number of nitrogens with zero attached hydrogens (tertiary/aromatic N) is 2. The molecule has 1 amide bonds. The third kappa shape index (κ3) is 2.76. The van der Waals surface area contributed by atoms with E-state index in [1.165, 1.54) is 22.7 Å². The Morgan fingerprint density at radius 3 is 2.90 bits per heavy atom. The quantitative estimate of drug-likeness (QED) is 0.800. The maximum Gasteiger partial charge on any atom is 0.267 e. The Labute approximate surface area is 124 Å². The van der Waals surface area contributed by atoms with Crippen molar-refractivity contribution in [3.8, 4) is 11.3 Å². The van der Waals surface area contributed by atoms with E-state index in [-0.39, 0.29) is 5.91 Å². The SMILES string of the molecule is Cc1ccc(C(=O)Nc2nc(-c3cccnc3)cs2)s1. The van der Waals surface area contributed by atoms with Crippen LogP contribution in [0.15, 0.2) is 42.0 Å². The number of hydrogen-bond acceptors (Lipinski definition) is 5. The first-order valence-corrected chi connectivity index (χ1v) is 7.66. The Kier molecular flexibility index (Phi) is 3.58. The second kappa shape index (κ2) is 5.52. The van der Waals surface area contributed by atoms with E-state index in [4.69, 9.17) is 0 Å². The number of amides is 1. The van der Waals surface area contributed by atoms with Crippen molar-refractivity contribution in [2.45, 2.75) is 6.92 Å². The van der Waals surface area contributed by atoms with E-state index in [9.17, 15) is 4.79 Å². The van der Waals surface area contributed by atoms with E-state index in [1.807, 2.05) is 36.6 Å². The van der Waals surface area contributed by atoms with E-state index >= 15 is 0 Å². The number of nitrogens with one attached hydrogen (secondary N) is 1. The van der Waals surface area contributed by atoms with Gasteiger partial charge in [0.2, 0.25) is 0 Å². The van der Waals surface area contributed by atoms with Gasteiger partial charge < -0.3 is 0 Å². The van der Waals surface area contributed by atoms with E-state index in [1.54, 1.807) is 12.4 Å².